The van der Waals surface area contributed by atoms with Gasteiger partial charge < -0.3 is 14.8 Å². The van der Waals surface area contributed by atoms with Crippen molar-refractivity contribution in [2.24, 2.45) is 0 Å². The van der Waals surface area contributed by atoms with Crippen LogP contribution in [0.5, 0.6) is 11.5 Å². The molecular weight excluding hydrogens is 325 g/mol. The predicted molar refractivity (Wildman–Crippen MR) is 86.7 cm³/mol. The molecule has 1 heterocycles. The Morgan fingerprint density at radius 1 is 1.09 bits per heavy atom. The largest absolute Gasteiger partial charge is 0.454 e. The average Bonchev–Trinajstić information content (AvgIpc) is 2.94. The van der Waals surface area contributed by atoms with E-state index in [1.54, 1.807) is 30.3 Å². The van der Waals surface area contributed by atoms with Crippen molar-refractivity contribution in [1.82, 2.24) is 0 Å². The molecule has 0 saturated heterocycles. The van der Waals surface area contributed by atoms with Gasteiger partial charge in [0.15, 0.2) is 11.5 Å². The first kappa shape index (κ1) is 14.8. The molecule has 22 heavy (non-hydrogen) atoms. The summed E-state index contributed by atoms with van der Waals surface area (Å²) in [6.07, 6.45) is 3.11. The second-order valence-corrected chi connectivity index (χ2v) is 5.40. The van der Waals surface area contributed by atoms with Crippen molar-refractivity contribution < 1.29 is 14.3 Å². The lowest BCUT2D eigenvalue weighted by molar-refractivity contribution is -0.111. The summed E-state index contributed by atoms with van der Waals surface area (Å²) in [7, 11) is 0. The van der Waals surface area contributed by atoms with Crippen molar-refractivity contribution in [2.45, 2.75) is 0 Å². The van der Waals surface area contributed by atoms with Gasteiger partial charge in [0.1, 0.15) is 0 Å². The summed E-state index contributed by atoms with van der Waals surface area (Å²) in [6, 6.07) is 10.4. The second-order valence-electron chi connectivity index (χ2n) is 4.56. The lowest BCUT2D eigenvalue weighted by Crippen LogP contribution is -2.08. The van der Waals surface area contributed by atoms with Gasteiger partial charge in [-0.1, -0.05) is 35.3 Å². The fourth-order valence-corrected chi connectivity index (χ4v) is 2.26. The number of nitrogens with one attached hydrogen (secondary N) is 1. The third-order valence-electron chi connectivity index (χ3n) is 3.02. The van der Waals surface area contributed by atoms with Crippen molar-refractivity contribution >= 4 is 40.9 Å². The fourth-order valence-electron chi connectivity index (χ4n) is 1.93. The van der Waals surface area contributed by atoms with Crippen LogP contribution in [0.1, 0.15) is 5.56 Å². The van der Waals surface area contributed by atoms with E-state index in [2.05, 4.69) is 5.32 Å². The fraction of sp³-hybridized carbons (Fsp3) is 0.0625. The Labute approximate surface area is 137 Å². The summed E-state index contributed by atoms with van der Waals surface area (Å²) < 4.78 is 10.5. The molecule has 6 heteroatoms. The highest BCUT2D eigenvalue weighted by Gasteiger charge is 2.17. The first-order valence-corrected chi connectivity index (χ1v) is 7.21. The second kappa shape index (κ2) is 6.30. The molecule has 0 spiro atoms. The lowest BCUT2D eigenvalue weighted by atomic mass is 10.2. The maximum Gasteiger partial charge on any atom is 0.248 e. The van der Waals surface area contributed by atoms with Gasteiger partial charge in [0.25, 0.3) is 0 Å². The van der Waals surface area contributed by atoms with E-state index in [4.69, 9.17) is 32.7 Å². The molecule has 1 amide bonds. The highest BCUT2D eigenvalue weighted by molar-refractivity contribution is 6.34. The van der Waals surface area contributed by atoms with E-state index in [1.165, 1.54) is 6.08 Å². The van der Waals surface area contributed by atoms with E-state index in [-0.39, 0.29) is 12.7 Å². The van der Waals surface area contributed by atoms with Gasteiger partial charge >= 0.3 is 0 Å². The molecule has 0 unspecified atom stereocenters. The van der Waals surface area contributed by atoms with E-state index >= 15 is 0 Å². The van der Waals surface area contributed by atoms with Crippen LogP contribution in [0.3, 0.4) is 0 Å². The molecule has 0 saturated carbocycles. The van der Waals surface area contributed by atoms with Crippen LogP contribution in [-0.2, 0) is 4.79 Å². The monoisotopic (exact) mass is 335 g/mol. The van der Waals surface area contributed by atoms with Crippen molar-refractivity contribution in [3.63, 3.8) is 0 Å². The van der Waals surface area contributed by atoms with Gasteiger partial charge in [0.2, 0.25) is 12.7 Å². The molecule has 0 bridgehead atoms. The predicted octanol–water partition coefficient (Wildman–Crippen LogP) is 4.37. The molecule has 0 fully saturated rings. The topological polar surface area (TPSA) is 47.6 Å². The smallest absolute Gasteiger partial charge is 0.248 e. The Bertz CT molecular complexity index is 742. The number of halogens is 2. The Balaban J connectivity index is 1.70. The van der Waals surface area contributed by atoms with Crippen LogP contribution < -0.4 is 14.8 Å². The number of amides is 1. The maximum absolute atomic E-state index is 12.0. The molecule has 0 atom stereocenters. The SMILES string of the molecule is O=C(C=Cc1ccc(Cl)cc1)Nc1cc2c(cc1Cl)OCO2. The maximum atomic E-state index is 12.0. The summed E-state index contributed by atoms with van der Waals surface area (Å²) in [4.78, 5) is 12.0. The van der Waals surface area contributed by atoms with E-state index in [0.29, 0.717) is 27.2 Å². The molecule has 2 aromatic carbocycles. The Morgan fingerprint density at radius 3 is 2.50 bits per heavy atom. The van der Waals surface area contributed by atoms with Crippen molar-refractivity contribution in [1.29, 1.82) is 0 Å². The first-order valence-electron chi connectivity index (χ1n) is 6.45. The number of rotatable bonds is 3. The van der Waals surface area contributed by atoms with E-state index in [0.717, 1.165) is 5.56 Å². The van der Waals surface area contributed by atoms with Gasteiger partial charge in [-0.2, -0.15) is 0 Å². The van der Waals surface area contributed by atoms with Gasteiger partial charge in [-0.15, -0.1) is 0 Å². The van der Waals surface area contributed by atoms with E-state index in [9.17, 15) is 4.79 Å². The molecule has 0 aliphatic carbocycles. The molecule has 2 aromatic rings. The highest BCUT2D eigenvalue weighted by atomic mass is 35.5. The normalized spacial score (nSPS) is 12.6. The summed E-state index contributed by atoms with van der Waals surface area (Å²) >= 11 is 11.9. The summed E-state index contributed by atoms with van der Waals surface area (Å²) in [5.41, 5.74) is 1.34. The van der Waals surface area contributed by atoms with Crippen LogP contribution in [0, 0.1) is 0 Å². The molecule has 0 aromatic heterocycles. The van der Waals surface area contributed by atoms with Gasteiger partial charge in [-0.3, -0.25) is 4.79 Å². The van der Waals surface area contributed by atoms with Gasteiger partial charge in [0.05, 0.1) is 10.7 Å². The number of benzene rings is 2. The summed E-state index contributed by atoms with van der Waals surface area (Å²) in [6.45, 7) is 0.152. The standard InChI is InChI=1S/C16H11Cl2NO3/c17-11-4-1-10(2-5-11)3-6-16(20)19-13-8-15-14(7-12(13)18)21-9-22-15/h1-8H,9H2,(H,19,20). The third-order valence-corrected chi connectivity index (χ3v) is 3.58. The number of carbonyl (C=O) groups is 1. The number of hydrogen-bond donors (Lipinski definition) is 1. The molecule has 1 aliphatic heterocycles. The minimum atomic E-state index is -0.296. The Morgan fingerprint density at radius 2 is 1.77 bits per heavy atom. The molecule has 112 valence electrons. The number of hydrogen-bond acceptors (Lipinski definition) is 3. The number of carbonyl (C=O) groups excluding carboxylic acids is 1. The van der Waals surface area contributed by atoms with Crippen molar-refractivity contribution in [2.75, 3.05) is 12.1 Å². The minimum absolute atomic E-state index is 0.152. The van der Waals surface area contributed by atoms with Crippen LogP contribution in [0.25, 0.3) is 6.08 Å². The number of fused-ring (bicyclic) bond motifs is 1. The summed E-state index contributed by atoms with van der Waals surface area (Å²) in [5, 5.41) is 3.74. The quantitative estimate of drug-likeness (QED) is 0.847. The van der Waals surface area contributed by atoms with Gasteiger partial charge in [0, 0.05) is 23.2 Å². The van der Waals surface area contributed by atoms with Gasteiger partial charge in [-0.05, 0) is 23.8 Å². The van der Waals surface area contributed by atoms with Crippen LogP contribution in [0.15, 0.2) is 42.5 Å². The first-order chi connectivity index (χ1) is 10.6. The Hall–Kier alpha value is -2.17. The average molecular weight is 336 g/mol. The third kappa shape index (κ3) is 3.35. The van der Waals surface area contributed by atoms with Crippen molar-refractivity contribution in [3.05, 3.63) is 58.1 Å². The van der Waals surface area contributed by atoms with Crippen molar-refractivity contribution in [3.8, 4) is 11.5 Å². The molecule has 0 radical (unpaired) electrons. The number of anilines is 1. The lowest BCUT2D eigenvalue weighted by Gasteiger charge is -2.06. The van der Waals surface area contributed by atoms with E-state index in [1.807, 2.05) is 12.1 Å². The minimum Gasteiger partial charge on any atom is -0.454 e. The molecule has 1 aliphatic rings. The molecule has 3 rings (SSSR count). The molecule has 1 N–H and O–H groups in total. The van der Waals surface area contributed by atoms with Crippen LogP contribution in [0.2, 0.25) is 10.0 Å². The number of ether oxygens (including phenoxy) is 2. The van der Waals surface area contributed by atoms with Crippen LogP contribution in [0.4, 0.5) is 5.69 Å². The molecule has 4 nitrogen and oxygen atoms in total. The van der Waals surface area contributed by atoms with Crippen LogP contribution in [-0.4, -0.2) is 12.7 Å². The van der Waals surface area contributed by atoms with Gasteiger partial charge in [-0.25, -0.2) is 0 Å². The van der Waals surface area contributed by atoms with Crippen LogP contribution >= 0.6 is 23.2 Å². The Kier molecular flexibility index (Phi) is 4.22. The highest BCUT2D eigenvalue weighted by Crippen LogP contribution is 2.39. The zero-order valence-corrected chi connectivity index (χ0v) is 12.8. The zero-order chi connectivity index (χ0) is 15.5. The molecular formula is C16H11Cl2NO3. The van der Waals surface area contributed by atoms with E-state index < -0.39 is 0 Å². The summed E-state index contributed by atoms with van der Waals surface area (Å²) in [5.74, 6) is 0.830. The zero-order valence-electron chi connectivity index (χ0n) is 11.3.